The molecule has 2 nitrogen and oxygen atoms in total. The molecular weight excluding hydrogens is 269 g/mol. The maximum Gasteiger partial charge on any atom is 0.200 e. The number of hydrogen-bond acceptors (Lipinski definition) is 2. The van der Waals surface area contributed by atoms with E-state index in [1.54, 1.807) is 0 Å². The van der Waals surface area contributed by atoms with E-state index in [0.717, 1.165) is 0 Å². The van der Waals surface area contributed by atoms with Gasteiger partial charge < -0.3 is 10.1 Å². The van der Waals surface area contributed by atoms with E-state index in [0.29, 0.717) is 19.3 Å². The number of anilines is 1. The summed E-state index contributed by atoms with van der Waals surface area (Å²) in [7, 11) is 1.51. The van der Waals surface area contributed by atoms with E-state index >= 15 is 0 Å². The van der Waals surface area contributed by atoms with Gasteiger partial charge in [0.15, 0.2) is 23.3 Å². The molecule has 2 unspecified atom stereocenters. The van der Waals surface area contributed by atoms with Gasteiger partial charge in [-0.2, -0.15) is 0 Å². The molecule has 0 bridgehead atoms. The lowest BCUT2D eigenvalue weighted by molar-refractivity contribution is 0.108. The molecule has 19 heavy (non-hydrogen) atoms. The summed E-state index contributed by atoms with van der Waals surface area (Å²) in [6, 6.07) is -0.377. The van der Waals surface area contributed by atoms with Crippen molar-refractivity contribution in [1.29, 1.82) is 0 Å². The summed E-state index contributed by atoms with van der Waals surface area (Å²) < 4.78 is 70.8. The second-order valence-corrected chi connectivity index (χ2v) is 4.46. The van der Waals surface area contributed by atoms with Crippen LogP contribution in [0.1, 0.15) is 19.3 Å². The SMILES string of the molecule is COC1CCC(Nc2c(F)c(F)c(F)c(F)c2F)C1. The van der Waals surface area contributed by atoms with Gasteiger partial charge in [-0.1, -0.05) is 0 Å². The summed E-state index contributed by atoms with van der Waals surface area (Å²) in [5, 5.41) is 2.37. The van der Waals surface area contributed by atoms with Crippen LogP contribution in [0.5, 0.6) is 0 Å². The van der Waals surface area contributed by atoms with Crippen molar-refractivity contribution in [3.05, 3.63) is 29.1 Å². The van der Waals surface area contributed by atoms with Gasteiger partial charge in [0.05, 0.1) is 6.10 Å². The molecule has 1 aromatic carbocycles. The normalized spacial score (nSPS) is 22.8. The molecule has 1 saturated carbocycles. The number of hydrogen-bond donors (Lipinski definition) is 1. The van der Waals surface area contributed by atoms with Crippen LogP contribution in [-0.4, -0.2) is 19.3 Å². The first kappa shape index (κ1) is 14.0. The van der Waals surface area contributed by atoms with Crippen molar-refractivity contribution >= 4 is 5.69 Å². The van der Waals surface area contributed by atoms with Gasteiger partial charge in [-0.25, -0.2) is 22.0 Å². The van der Waals surface area contributed by atoms with Gasteiger partial charge in [0.25, 0.3) is 0 Å². The maximum atomic E-state index is 13.4. The Kier molecular flexibility index (Phi) is 3.93. The largest absolute Gasteiger partial charge is 0.381 e. The quantitative estimate of drug-likeness (QED) is 0.521. The van der Waals surface area contributed by atoms with Crippen LogP contribution >= 0.6 is 0 Å². The highest BCUT2D eigenvalue weighted by atomic mass is 19.2. The molecule has 106 valence electrons. The fraction of sp³-hybridized carbons (Fsp3) is 0.500. The molecule has 0 spiro atoms. The van der Waals surface area contributed by atoms with E-state index in [1.807, 2.05) is 0 Å². The topological polar surface area (TPSA) is 21.3 Å². The minimum atomic E-state index is -2.15. The number of rotatable bonds is 3. The highest BCUT2D eigenvalue weighted by molar-refractivity contribution is 5.48. The summed E-state index contributed by atoms with van der Waals surface area (Å²) in [5.41, 5.74) is -0.974. The van der Waals surface area contributed by atoms with Crippen LogP contribution in [0.2, 0.25) is 0 Å². The van der Waals surface area contributed by atoms with Gasteiger partial charge in [-0.3, -0.25) is 0 Å². The summed E-state index contributed by atoms with van der Waals surface area (Å²) in [4.78, 5) is 0. The van der Waals surface area contributed by atoms with Crippen LogP contribution in [-0.2, 0) is 4.74 Å². The molecule has 0 radical (unpaired) electrons. The molecule has 0 aromatic heterocycles. The molecule has 0 amide bonds. The summed E-state index contributed by atoms with van der Waals surface area (Å²) >= 11 is 0. The van der Waals surface area contributed by atoms with Crippen LogP contribution < -0.4 is 5.32 Å². The molecule has 0 heterocycles. The lowest BCUT2D eigenvalue weighted by atomic mass is 10.2. The standard InChI is InChI=1S/C12H12F5NO/c1-19-6-3-2-5(4-6)18-12-10(16)8(14)7(13)9(15)11(12)17/h5-6,18H,2-4H2,1H3. The van der Waals surface area contributed by atoms with E-state index < -0.39 is 34.8 Å². The zero-order valence-corrected chi connectivity index (χ0v) is 10.1. The summed E-state index contributed by atoms with van der Waals surface area (Å²) in [5.74, 6) is -9.71. The number of methoxy groups -OCH3 is 1. The average molecular weight is 281 g/mol. The van der Waals surface area contributed by atoms with E-state index in [-0.39, 0.29) is 12.1 Å². The average Bonchev–Trinajstić information content (AvgIpc) is 2.87. The zero-order chi connectivity index (χ0) is 14.2. The molecule has 1 fully saturated rings. The molecule has 1 aromatic rings. The smallest absolute Gasteiger partial charge is 0.200 e. The predicted molar refractivity (Wildman–Crippen MR) is 58.3 cm³/mol. The fourth-order valence-corrected chi connectivity index (χ4v) is 2.22. The third-order valence-electron chi connectivity index (χ3n) is 3.28. The molecule has 2 rings (SSSR count). The Labute approximate surface area is 106 Å². The Morgan fingerprint density at radius 1 is 0.895 bits per heavy atom. The Hall–Kier alpha value is -1.37. The molecule has 1 aliphatic carbocycles. The molecule has 0 aliphatic heterocycles. The molecule has 2 atom stereocenters. The lowest BCUT2D eigenvalue weighted by Gasteiger charge is -2.16. The van der Waals surface area contributed by atoms with Gasteiger partial charge >= 0.3 is 0 Å². The molecule has 1 aliphatic rings. The van der Waals surface area contributed by atoms with Crippen molar-refractivity contribution < 1.29 is 26.7 Å². The highest BCUT2D eigenvalue weighted by Gasteiger charge is 2.30. The maximum absolute atomic E-state index is 13.4. The monoisotopic (exact) mass is 281 g/mol. The Morgan fingerprint density at radius 2 is 1.42 bits per heavy atom. The number of halogens is 5. The van der Waals surface area contributed by atoms with Crippen molar-refractivity contribution in [2.24, 2.45) is 0 Å². The predicted octanol–water partition coefficient (Wildman–Crippen LogP) is 3.36. The molecule has 1 N–H and O–H groups in total. The molecule has 7 heteroatoms. The van der Waals surface area contributed by atoms with Crippen LogP contribution in [0.4, 0.5) is 27.6 Å². The minimum Gasteiger partial charge on any atom is -0.381 e. The highest BCUT2D eigenvalue weighted by Crippen LogP contribution is 2.31. The van der Waals surface area contributed by atoms with Gasteiger partial charge in [-0.15, -0.1) is 0 Å². The number of nitrogens with one attached hydrogen (secondary N) is 1. The van der Waals surface area contributed by atoms with Gasteiger partial charge in [0.1, 0.15) is 5.69 Å². The summed E-state index contributed by atoms with van der Waals surface area (Å²) in [6.45, 7) is 0. The van der Waals surface area contributed by atoms with Crippen molar-refractivity contribution in [1.82, 2.24) is 0 Å². The first-order valence-electron chi connectivity index (χ1n) is 5.76. The second kappa shape index (κ2) is 5.32. The van der Waals surface area contributed by atoms with Crippen LogP contribution in [0.15, 0.2) is 0 Å². The Morgan fingerprint density at radius 3 is 1.89 bits per heavy atom. The van der Waals surface area contributed by atoms with Crippen LogP contribution in [0, 0.1) is 29.1 Å². The third-order valence-corrected chi connectivity index (χ3v) is 3.28. The van der Waals surface area contributed by atoms with E-state index in [2.05, 4.69) is 5.32 Å². The van der Waals surface area contributed by atoms with E-state index in [9.17, 15) is 22.0 Å². The van der Waals surface area contributed by atoms with Crippen molar-refractivity contribution in [3.8, 4) is 0 Å². The number of ether oxygens (including phenoxy) is 1. The van der Waals surface area contributed by atoms with Gasteiger partial charge in [0, 0.05) is 13.2 Å². The molecule has 0 saturated heterocycles. The van der Waals surface area contributed by atoms with Gasteiger partial charge in [-0.05, 0) is 19.3 Å². The molecular formula is C12H12F5NO. The zero-order valence-electron chi connectivity index (χ0n) is 10.1. The Bertz CT molecular complexity index is 464. The van der Waals surface area contributed by atoms with E-state index in [4.69, 9.17) is 4.74 Å². The van der Waals surface area contributed by atoms with Crippen molar-refractivity contribution in [3.63, 3.8) is 0 Å². The van der Waals surface area contributed by atoms with E-state index in [1.165, 1.54) is 7.11 Å². The first-order valence-corrected chi connectivity index (χ1v) is 5.76. The minimum absolute atomic E-state index is 0.0706. The third kappa shape index (κ3) is 2.51. The van der Waals surface area contributed by atoms with Gasteiger partial charge in [0.2, 0.25) is 5.82 Å². The van der Waals surface area contributed by atoms with Crippen molar-refractivity contribution in [2.45, 2.75) is 31.4 Å². The van der Waals surface area contributed by atoms with Crippen LogP contribution in [0.25, 0.3) is 0 Å². The Balaban J connectivity index is 2.26. The summed E-state index contributed by atoms with van der Waals surface area (Å²) in [6.07, 6.45) is 1.59. The van der Waals surface area contributed by atoms with Crippen molar-refractivity contribution in [2.75, 3.05) is 12.4 Å². The lowest BCUT2D eigenvalue weighted by Crippen LogP contribution is -2.20. The second-order valence-electron chi connectivity index (χ2n) is 4.46. The number of benzene rings is 1. The fourth-order valence-electron chi connectivity index (χ4n) is 2.22. The van der Waals surface area contributed by atoms with Crippen LogP contribution in [0.3, 0.4) is 0 Å². The first-order chi connectivity index (χ1) is 8.95.